The van der Waals surface area contributed by atoms with Gasteiger partial charge in [0.15, 0.2) is 0 Å². The summed E-state index contributed by atoms with van der Waals surface area (Å²) in [5.74, 6) is -0.971. The highest BCUT2D eigenvalue weighted by molar-refractivity contribution is 5.87. The van der Waals surface area contributed by atoms with E-state index in [0.717, 1.165) is 5.56 Å². The van der Waals surface area contributed by atoms with E-state index in [9.17, 15) is 14.7 Å². The fourth-order valence-corrected chi connectivity index (χ4v) is 2.37. The zero-order chi connectivity index (χ0) is 15.5. The number of carbonyl (C=O) groups excluding carboxylic acids is 1. The molecule has 1 heterocycles. The molecule has 21 heavy (non-hydrogen) atoms. The number of likely N-dealkylation sites (tertiary alicyclic amines) is 1. The number of nitrogens with zero attached hydrogens (tertiary/aromatic N) is 1. The molecule has 0 aromatic heterocycles. The standard InChI is InChI=1S/C15H20N2O4/c1-2-15(21)7-8-17(10-15)14(20)16-9-11-3-5-12(6-4-11)13(18)19/h3-6,21H,2,7-10H2,1H3,(H,16,20)(H,18,19). The molecule has 1 unspecified atom stereocenters. The van der Waals surface area contributed by atoms with Gasteiger partial charge in [-0.3, -0.25) is 0 Å². The van der Waals surface area contributed by atoms with E-state index in [1.807, 2.05) is 6.92 Å². The first-order valence-electron chi connectivity index (χ1n) is 7.01. The summed E-state index contributed by atoms with van der Waals surface area (Å²) in [5.41, 5.74) is 0.288. The van der Waals surface area contributed by atoms with E-state index in [-0.39, 0.29) is 11.6 Å². The average Bonchev–Trinajstić information content (AvgIpc) is 2.88. The Bertz CT molecular complexity index is 529. The van der Waals surface area contributed by atoms with Crippen LogP contribution in [0, 0.1) is 0 Å². The normalized spacial score (nSPS) is 21.3. The highest BCUT2D eigenvalue weighted by Gasteiger charge is 2.36. The molecule has 3 N–H and O–H groups in total. The van der Waals surface area contributed by atoms with Crippen molar-refractivity contribution >= 4 is 12.0 Å². The molecule has 1 aromatic carbocycles. The van der Waals surface area contributed by atoms with Gasteiger partial charge < -0.3 is 20.4 Å². The van der Waals surface area contributed by atoms with E-state index in [0.29, 0.717) is 32.5 Å². The molecule has 6 heteroatoms. The molecule has 1 aromatic rings. The number of carboxylic acid groups (broad SMARTS) is 1. The van der Waals surface area contributed by atoms with Crippen molar-refractivity contribution in [3.63, 3.8) is 0 Å². The van der Waals surface area contributed by atoms with Crippen LogP contribution in [0.25, 0.3) is 0 Å². The lowest BCUT2D eigenvalue weighted by Crippen LogP contribution is -2.41. The second kappa shape index (κ2) is 6.13. The molecule has 0 saturated carbocycles. The third kappa shape index (κ3) is 3.72. The Balaban J connectivity index is 1.86. The van der Waals surface area contributed by atoms with Crippen LogP contribution in [0.4, 0.5) is 4.79 Å². The van der Waals surface area contributed by atoms with Gasteiger partial charge in [0.05, 0.1) is 17.7 Å². The van der Waals surface area contributed by atoms with E-state index >= 15 is 0 Å². The Kier molecular flexibility index (Phi) is 4.47. The zero-order valence-electron chi connectivity index (χ0n) is 12.0. The van der Waals surface area contributed by atoms with Crippen molar-refractivity contribution < 1.29 is 19.8 Å². The number of urea groups is 1. The van der Waals surface area contributed by atoms with Crippen molar-refractivity contribution in [3.8, 4) is 0 Å². The smallest absolute Gasteiger partial charge is 0.335 e. The maximum atomic E-state index is 12.0. The van der Waals surface area contributed by atoms with E-state index in [1.54, 1.807) is 17.0 Å². The summed E-state index contributed by atoms with van der Waals surface area (Å²) in [6.45, 7) is 3.15. The summed E-state index contributed by atoms with van der Waals surface area (Å²) in [4.78, 5) is 24.4. The molecular formula is C15H20N2O4. The second-order valence-corrected chi connectivity index (χ2v) is 5.41. The van der Waals surface area contributed by atoms with Crippen LogP contribution in [0.1, 0.15) is 35.7 Å². The Morgan fingerprint density at radius 3 is 2.52 bits per heavy atom. The van der Waals surface area contributed by atoms with Crippen molar-refractivity contribution in [1.82, 2.24) is 10.2 Å². The van der Waals surface area contributed by atoms with Gasteiger partial charge in [-0.15, -0.1) is 0 Å². The molecule has 1 atom stereocenters. The fourth-order valence-electron chi connectivity index (χ4n) is 2.37. The monoisotopic (exact) mass is 292 g/mol. The zero-order valence-corrected chi connectivity index (χ0v) is 12.0. The molecule has 1 aliphatic heterocycles. The second-order valence-electron chi connectivity index (χ2n) is 5.41. The molecule has 1 fully saturated rings. The highest BCUT2D eigenvalue weighted by atomic mass is 16.4. The molecule has 6 nitrogen and oxygen atoms in total. The van der Waals surface area contributed by atoms with Crippen LogP contribution in [-0.4, -0.2) is 45.8 Å². The van der Waals surface area contributed by atoms with Gasteiger partial charge in [0.25, 0.3) is 0 Å². The maximum absolute atomic E-state index is 12.0. The third-order valence-corrected chi connectivity index (χ3v) is 3.92. The number of aliphatic hydroxyl groups is 1. The number of aromatic carboxylic acids is 1. The van der Waals surface area contributed by atoms with Crippen LogP contribution in [0.3, 0.4) is 0 Å². The molecular weight excluding hydrogens is 272 g/mol. The molecule has 2 rings (SSSR count). The van der Waals surface area contributed by atoms with E-state index in [1.165, 1.54) is 12.1 Å². The summed E-state index contributed by atoms with van der Waals surface area (Å²) < 4.78 is 0. The molecule has 1 saturated heterocycles. The number of benzene rings is 1. The summed E-state index contributed by atoms with van der Waals surface area (Å²) in [7, 11) is 0. The molecule has 114 valence electrons. The Hall–Kier alpha value is -2.08. The van der Waals surface area contributed by atoms with Gasteiger partial charge >= 0.3 is 12.0 Å². The van der Waals surface area contributed by atoms with Crippen molar-refractivity contribution in [3.05, 3.63) is 35.4 Å². The lowest BCUT2D eigenvalue weighted by Gasteiger charge is -2.21. The first-order chi connectivity index (χ1) is 9.93. The van der Waals surface area contributed by atoms with Gasteiger partial charge in [0.2, 0.25) is 0 Å². The first-order valence-corrected chi connectivity index (χ1v) is 7.01. The van der Waals surface area contributed by atoms with Gasteiger partial charge in [0.1, 0.15) is 0 Å². The van der Waals surface area contributed by atoms with Crippen molar-refractivity contribution in [2.75, 3.05) is 13.1 Å². The lowest BCUT2D eigenvalue weighted by atomic mass is 10.0. The molecule has 0 aliphatic carbocycles. The van der Waals surface area contributed by atoms with E-state index < -0.39 is 11.6 Å². The number of carbonyl (C=O) groups is 2. The van der Waals surface area contributed by atoms with Crippen molar-refractivity contribution in [2.24, 2.45) is 0 Å². The number of carboxylic acids is 1. The molecule has 1 aliphatic rings. The largest absolute Gasteiger partial charge is 0.478 e. The Morgan fingerprint density at radius 2 is 2.00 bits per heavy atom. The van der Waals surface area contributed by atoms with Gasteiger partial charge in [-0.1, -0.05) is 19.1 Å². The Labute approximate surface area is 123 Å². The fraction of sp³-hybridized carbons (Fsp3) is 0.467. The van der Waals surface area contributed by atoms with Gasteiger partial charge in [0, 0.05) is 13.1 Å². The van der Waals surface area contributed by atoms with Crippen LogP contribution in [-0.2, 0) is 6.54 Å². The molecule has 0 bridgehead atoms. The maximum Gasteiger partial charge on any atom is 0.335 e. The van der Waals surface area contributed by atoms with Crippen LogP contribution < -0.4 is 5.32 Å². The Morgan fingerprint density at radius 1 is 1.33 bits per heavy atom. The molecule has 0 spiro atoms. The highest BCUT2D eigenvalue weighted by Crippen LogP contribution is 2.24. The van der Waals surface area contributed by atoms with Gasteiger partial charge in [-0.05, 0) is 30.5 Å². The molecule has 2 amide bonds. The van der Waals surface area contributed by atoms with E-state index in [4.69, 9.17) is 5.11 Å². The average molecular weight is 292 g/mol. The van der Waals surface area contributed by atoms with Crippen LogP contribution in [0.5, 0.6) is 0 Å². The predicted octanol–water partition coefficient (Wildman–Crippen LogP) is 1.44. The van der Waals surface area contributed by atoms with Crippen LogP contribution >= 0.6 is 0 Å². The van der Waals surface area contributed by atoms with Gasteiger partial charge in [-0.25, -0.2) is 9.59 Å². The lowest BCUT2D eigenvalue weighted by molar-refractivity contribution is 0.0486. The number of amides is 2. The van der Waals surface area contributed by atoms with Crippen LogP contribution in [0.15, 0.2) is 24.3 Å². The summed E-state index contributed by atoms with van der Waals surface area (Å²) in [6, 6.07) is 6.17. The topological polar surface area (TPSA) is 89.9 Å². The number of rotatable bonds is 4. The van der Waals surface area contributed by atoms with Crippen molar-refractivity contribution in [1.29, 1.82) is 0 Å². The quantitative estimate of drug-likeness (QED) is 0.783. The minimum Gasteiger partial charge on any atom is -0.478 e. The summed E-state index contributed by atoms with van der Waals surface area (Å²) >= 11 is 0. The number of hydrogen-bond donors (Lipinski definition) is 3. The van der Waals surface area contributed by atoms with Crippen molar-refractivity contribution in [2.45, 2.75) is 31.9 Å². The minimum absolute atomic E-state index is 0.207. The van der Waals surface area contributed by atoms with Crippen LogP contribution in [0.2, 0.25) is 0 Å². The number of hydrogen-bond acceptors (Lipinski definition) is 3. The van der Waals surface area contributed by atoms with Gasteiger partial charge in [-0.2, -0.15) is 0 Å². The third-order valence-electron chi connectivity index (χ3n) is 3.92. The summed E-state index contributed by atoms with van der Waals surface area (Å²) in [5, 5.41) is 21.7. The van der Waals surface area contributed by atoms with E-state index in [2.05, 4.69) is 5.32 Å². The first kappa shape index (κ1) is 15.3. The molecule has 0 radical (unpaired) electrons. The predicted molar refractivity (Wildman–Crippen MR) is 77.1 cm³/mol. The number of nitrogens with one attached hydrogen (secondary N) is 1. The summed E-state index contributed by atoms with van der Waals surface area (Å²) in [6.07, 6.45) is 1.23. The number of β-amino-alcohol motifs (C(OH)–C–C–N with tert-alkyl or cyclic N) is 1. The minimum atomic E-state index is -0.971. The SMILES string of the molecule is CCC1(O)CCN(C(=O)NCc2ccc(C(=O)O)cc2)C1.